The molecular weight excluding hydrogens is 657 g/mol. The van der Waals surface area contributed by atoms with E-state index in [0.29, 0.717) is 39.9 Å². The highest BCUT2D eigenvalue weighted by atomic mass is 127. The van der Waals surface area contributed by atoms with E-state index in [4.69, 9.17) is 26.1 Å². The summed E-state index contributed by atoms with van der Waals surface area (Å²) in [4.78, 5) is 18.2. The molecule has 0 radical (unpaired) electrons. The predicted octanol–water partition coefficient (Wildman–Crippen LogP) is 7.18. The van der Waals surface area contributed by atoms with Crippen LogP contribution in [0.1, 0.15) is 37.7 Å². The van der Waals surface area contributed by atoms with Crippen LogP contribution in [-0.2, 0) is 12.0 Å². The van der Waals surface area contributed by atoms with Gasteiger partial charge in [-0.1, -0.05) is 66.5 Å². The third-order valence-electron chi connectivity index (χ3n) is 5.38. The molecule has 3 aromatic carbocycles. The van der Waals surface area contributed by atoms with Crippen LogP contribution in [-0.4, -0.2) is 23.0 Å². The Hall–Kier alpha value is -2.43. The minimum absolute atomic E-state index is 0.233. The molecule has 0 aliphatic carbocycles. The second-order valence-corrected chi connectivity index (χ2v) is 11.6. The number of hydrogen-bond donors (Lipinski definition) is 0. The molecule has 0 amide bonds. The minimum Gasteiger partial charge on any atom is -0.493 e. The van der Waals surface area contributed by atoms with Crippen molar-refractivity contribution in [2.45, 2.75) is 32.8 Å². The Morgan fingerprint density at radius 1 is 1.17 bits per heavy atom. The molecule has 1 heterocycles. The van der Waals surface area contributed by atoms with Crippen LogP contribution in [0.2, 0.25) is 5.02 Å². The van der Waals surface area contributed by atoms with E-state index in [1.807, 2.05) is 69.3 Å². The fourth-order valence-electron chi connectivity index (χ4n) is 3.59. The molecule has 186 valence electrons. The van der Waals surface area contributed by atoms with Crippen molar-refractivity contribution in [3.8, 4) is 11.5 Å². The van der Waals surface area contributed by atoms with Crippen LogP contribution in [0.25, 0.3) is 10.9 Å². The Bertz CT molecular complexity index is 1530. The Labute approximate surface area is 236 Å². The van der Waals surface area contributed by atoms with Gasteiger partial charge < -0.3 is 9.47 Å². The van der Waals surface area contributed by atoms with Gasteiger partial charge in [0.2, 0.25) is 0 Å². The second kappa shape index (κ2) is 10.9. The third kappa shape index (κ3) is 5.76. The van der Waals surface area contributed by atoms with Gasteiger partial charge in [0.05, 0.1) is 27.8 Å². The van der Waals surface area contributed by atoms with Crippen LogP contribution in [0.5, 0.6) is 11.5 Å². The van der Waals surface area contributed by atoms with Gasteiger partial charge in [-0.15, -0.1) is 0 Å². The van der Waals surface area contributed by atoms with Gasteiger partial charge in [0.25, 0.3) is 5.56 Å². The average molecular weight is 681 g/mol. The molecule has 0 bridgehead atoms. The summed E-state index contributed by atoms with van der Waals surface area (Å²) < 4.78 is 14.7. The molecule has 0 saturated carbocycles. The minimum atomic E-state index is -0.402. The summed E-state index contributed by atoms with van der Waals surface area (Å²) in [5.41, 5.74) is 1.63. The first-order chi connectivity index (χ1) is 17.1. The lowest BCUT2D eigenvalue weighted by Crippen LogP contribution is -2.29. The first kappa shape index (κ1) is 26.6. The molecule has 0 N–H and O–H groups in total. The van der Waals surface area contributed by atoms with Gasteiger partial charge >= 0.3 is 0 Å². The van der Waals surface area contributed by atoms with Crippen molar-refractivity contribution in [1.29, 1.82) is 0 Å². The van der Waals surface area contributed by atoms with Gasteiger partial charge in [0.1, 0.15) is 12.4 Å². The highest BCUT2D eigenvalue weighted by molar-refractivity contribution is 14.1. The van der Waals surface area contributed by atoms with Gasteiger partial charge in [-0.05, 0) is 64.6 Å². The highest BCUT2D eigenvalue weighted by Gasteiger charge is 2.23. The first-order valence-corrected chi connectivity index (χ1v) is 13.3. The summed E-state index contributed by atoms with van der Waals surface area (Å²) in [6.45, 7) is 6.32. The fraction of sp³-hybridized carbons (Fsp3) is 0.222. The lowest BCUT2D eigenvalue weighted by Gasteiger charge is -2.21. The molecule has 0 unspecified atom stereocenters. The summed E-state index contributed by atoms with van der Waals surface area (Å²) in [6, 6.07) is 16.8. The van der Waals surface area contributed by atoms with Gasteiger partial charge in [-0.25, -0.2) is 4.98 Å². The van der Waals surface area contributed by atoms with E-state index in [1.54, 1.807) is 19.4 Å². The quantitative estimate of drug-likeness (QED) is 0.160. The SMILES string of the molecule is COc1cc(C=Nn2c(C(C)(C)C)nc3ccc(Br)cc3c2=O)cc(I)c1OCc1ccccc1Cl. The number of benzene rings is 3. The van der Waals surface area contributed by atoms with Crippen LogP contribution in [0.15, 0.2) is 69.0 Å². The third-order valence-corrected chi connectivity index (χ3v) is 7.05. The largest absolute Gasteiger partial charge is 0.493 e. The van der Waals surface area contributed by atoms with Crippen molar-refractivity contribution in [3.05, 3.63) is 95.0 Å². The van der Waals surface area contributed by atoms with Crippen molar-refractivity contribution in [3.63, 3.8) is 0 Å². The summed E-state index contributed by atoms with van der Waals surface area (Å²) in [7, 11) is 1.59. The summed E-state index contributed by atoms with van der Waals surface area (Å²) in [5, 5.41) is 5.69. The van der Waals surface area contributed by atoms with Crippen molar-refractivity contribution >= 4 is 67.2 Å². The van der Waals surface area contributed by atoms with Crippen LogP contribution in [0, 0.1) is 3.57 Å². The molecule has 0 atom stereocenters. The van der Waals surface area contributed by atoms with Gasteiger partial charge in [0.15, 0.2) is 11.5 Å². The Kier molecular flexibility index (Phi) is 8.06. The molecule has 0 aliphatic rings. The average Bonchev–Trinajstić information content (AvgIpc) is 2.83. The molecular formula is C27H24BrClIN3O3. The molecule has 9 heteroatoms. The zero-order valence-corrected chi connectivity index (χ0v) is 24.7. The number of rotatable bonds is 6. The normalized spacial score (nSPS) is 11.9. The number of halogens is 3. The lowest BCUT2D eigenvalue weighted by atomic mass is 9.95. The van der Waals surface area contributed by atoms with E-state index in [1.165, 1.54) is 4.68 Å². The standard InChI is InChI=1S/C27H24BrClIN3O3/c1-27(2,3)26-32-22-10-9-18(28)13-19(22)25(34)33(26)31-14-16-11-21(30)24(23(12-16)35-4)36-15-17-7-5-6-8-20(17)29/h5-14H,15H2,1-4H3. The van der Waals surface area contributed by atoms with E-state index in [9.17, 15) is 4.79 Å². The molecule has 0 aliphatic heterocycles. The highest BCUT2D eigenvalue weighted by Crippen LogP contribution is 2.34. The number of aromatic nitrogens is 2. The maximum Gasteiger partial charge on any atom is 0.282 e. The maximum atomic E-state index is 13.4. The molecule has 36 heavy (non-hydrogen) atoms. The molecule has 4 aromatic rings. The van der Waals surface area contributed by atoms with E-state index >= 15 is 0 Å². The number of fused-ring (bicyclic) bond motifs is 1. The van der Waals surface area contributed by atoms with E-state index in [-0.39, 0.29) is 5.56 Å². The number of hydrogen-bond acceptors (Lipinski definition) is 5. The Balaban J connectivity index is 1.72. The molecule has 6 nitrogen and oxygen atoms in total. The zero-order valence-electron chi connectivity index (χ0n) is 20.2. The molecule has 0 saturated heterocycles. The van der Waals surface area contributed by atoms with Gasteiger partial charge in [-0.2, -0.15) is 9.78 Å². The molecule has 1 aromatic heterocycles. The number of methoxy groups -OCH3 is 1. The summed E-state index contributed by atoms with van der Waals surface area (Å²) in [6.07, 6.45) is 1.63. The van der Waals surface area contributed by atoms with Crippen molar-refractivity contribution in [2.75, 3.05) is 7.11 Å². The van der Waals surface area contributed by atoms with Crippen LogP contribution < -0.4 is 15.0 Å². The smallest absolute Gasteiger partial charge is 0.282 e. The Morgan fingerprint density at radius 2 is 1.92 bits per heavy atom. The van der Waals surface area contributed by atoms with Crippen molar-refractivity contribution in [2.24, 2.45) is 5.10 Å². The monoisotopic (exact) mass is 679 g/mol. The van der Waals surface area contributed by atoms with Gasteiger partial charge in [0, 0.05) is 20.5 Å². The van der Waals surface area contributed by atoms with E-state index in [2.05, 4.69) is 43.6 Å². The molecule has 4 rings (SSSR count). The predicted molar refractivity (Wildman–Crippen MR) is 157 cm³/mol. The molecule has 0 fully saturated rings. The lowest BCUT2D eigenvalue weighted by molar-refractivity contribution is 0.282. The molecule has 0 spiro atoms. The van der Waals surface area contributed by atoms with Crippen LogP contribution in [0.4, 0.5) is 0 Å². The van der Waals surface area contributed by atoms with E-state index < -0.39 is 5.41 Å². The maximum absolute atomic E-state index is 13.4. The fourth-order valence-corrected chi connectivity index (χ4v) is 4.92. The summed E-state index contributed by atoms with van der Waals surface area (Å²) in [5.74, 6) is 1.74. The number of ether oxygens (including phenoxy) is 2. The van der Waals surface area contributed by atoms with Crippen LogP contribution in [0.3, 0.4) is 0 Å². The van der Waals surface area contributed by atoms with E-state index in [0.717, 1.165) is 19.2 Å². The second-order valence-electron chi connectivity index (χ2n) is 9.12. The topological polar surface area (TPSA) is 65.7 Å². The number of nitrogens with zero attached hydrogens (tertiary/aromatic N) is 3. The zero-order chi connectivity index (χ0) is 26.0. The first-order valence-electron chi connectivity index (χ1n) is 11.1. The van der Waals surface area contributed by atoms with Gasteiger partial charge in [-0.3, -0.25) is 4.79 Å². The van der Waals surface area contributed by atoms with Crippen LogP contribution >= 0.6 is 50.1 Å². The summed E-state index contributed by atoms with van der Waals surface area (Å²) >= 11 is 11.9. The van der Waals surface area contributed by atoms with Crippen molar-refractivity contribution < 1.29 is 9.47 Å². The van der Waals surface area contributed by atoms with Crippen molar-refractivity contribution in [1.82, 2.24) is 9.66 Å². The Morgan fingerprint density at radius 3 is 2.61 bits per heavy atom.